The van der Waals surface area contributed by atoms with Crippen LogP contribution >= 0.6 is 0 Å². The number of phenols is 1. The number of hydrogen-bond acceptors (Lipinski definition) is 4. The SMILES string of the molecule is CC(=O)c1c(C)nc(C)c(C(C)=O)c1-c1ccccc1O. The predicted molar refractivity (Wildman–Crippen MR) is 80.8 cm³/mol. The maximum atomic E-state index is 12.0. The number of carbonyl (C=O) groups excluding carboxylic acids is 2. The number of phenolic OH excluding ortho intramolecular Hbond substituents is 1. The number of hydrogen-bond donors (Lipinski definition) is 1. The number of nitrogens with zero attached hydrogens (tertiary/aromatic N) is 1. The lowest BCUT2D eigenvalue weighted by Gasteiger charge is -2.17. The average molecular weight is 283 g/mol. The predicted octanol–water partition coefficient (Wildman–Crippen LogP) is 3.48. The van der Waals surface area contributed by atoms with Gasteiger partial charge < -0.3 is 5.11 Å². The Morgan fingerprint density at radius 1 is 0.952 bits per heavy atom. The molecule has 1 aromatic heterocycles. The van der Waals surface area contributed by atoms with Crippen molar-refractivity contribution >= 4 is 11.6 Å². The molecule has 1 heterocycles. The molecule has 0 unspecified atom stereocenters. The van der Waals surface area contributed by atoms with Gasteiger partial charge in [0.2, 0.25) is 0 Å². The summed E-state index contributed by atoms with van der Waals surface area (Å²) in [6, 6.07) is 6.69. The summed E-state index contributed by atoms with van der Waals surface area (Å²) in [4.78, 5) is 28.4. The van der Waals surface area contributed by atoms with Crippen LogP contribution in [0.2, 0.25) is 0 Å². The Balaban J connectivity index is 3.00. The fraction of sp³-hybridized carbons (Fsp3) is 0.235. The van der Waals surface area contributed by atoms with Crippen LogP contribution in [-0.4, -0.2) is 21.7 Å². The molecule has 0 radical (unpaired) electrons. The molecule has 1 aromatic carbocycles. The van der Waals surface area contributed by atoms with E-state index in [4.69, 9.17) is 0 Å². The van der Waals surface area contributed by atoms with Crippen LogP contribution < -0.4 is 0 Å². The van der Waals surface area contributed by atoms with E-state index in [1.54, 1.807) is 32.0 Å². The number of benzene rings is 1. The van der Waals surface area contributed by atoms with Crippen LogP contribution in [0, 0.1) is 13.8 Å². The summed E-state index contributed by atoms with van der Waals surface area (Å²) in [7, 11) is 0. The third-order valence-corrected chi connectivity index (χ3v) is 3.44. The van der Waals surface area contributed by atoms with E-state index in [9.17, 15) is 14.7 Å². The van der Waals surface area contributed by atoms with Gasteiger partial charge in [-0.25, -0.2) is 0 Å². The Kier molecular flexibility index (Phi) is 3.89. The zero-order valence-corrected chi connectivity index (χ0v) is 12.5. The molecule has 0 fully saturated rings. The van der Waals surface area contributed by atoms with Crippen molar-refractivity contribution in [2.45, 2.75) is 27.7 Å². The molecule has 0 bridgehead atoms. The molecule has 0 aliphatic carbocycles. The topological polar surface area (TPSA) is 67.3 Å². The second kappa shape index (κ2) is 5.48. The summed E-state index contributed by atoms with van der Waals surface area (Å²) < 4.78 is 0. The first kappa shape index (κ1) is 14.9. The Labute approximate surface area is 123 Å². The zero-order valence-electron chi connectivity index (χ0n) is 12.5. The monoisotopic (exact) mass is 283 g/mol. The second-order valence-electron chi connectivity index (χ2n) is 5.04. The smallest absolute Gasteiger partial charge is 0.162 e. The molecule has 4 nitrogen and oxygen atoms in total. The molecular weight excluding hydrogens is 266 g/mol. The number of ketones is 2. The quantitative estimate of drug-likeness (QED) is 0.876. The molecule has 0 aliphatic heterocycles. The molecule has 2 rings (SSSR count). The van der Waals surface area contributed by atoms with Crippen molar-refractivity contribution in [1.82, 2.24) is 4.98 Å². The highest BCUT2D eigenvalue weighted by atomic mass is 16.3. The largest absolute Gasteiger partial charge is 0.507 e. The van der Waals surface area contributed by atoms with Gasteiger partial charge in [-0.05, 0) is 33.8 Å². The first-order chi connectivity index (χ1) is 9.84. The lowest BCUT2D eigenvalue weighted by atomic mass is 9.89. The second-order valence-corrected chi connectivity index (χ2v) is 5.04. The lowest BCUT2D eigenvalue weighted by Crippen LogP contribution is -2.11. The number of aromatic nitrogens is 1. The molecule has 0 saturated heterocycles. The number of para-hydroxylation sites is 1. The standard InChI is InChI=1S/C17H17NO3/c1-9-15(11(3)19)17(13-7-5-6-8-14(13)21)16(12(4)20)10(2)18-9/h5-8,21H,1-4H3. The number of Topliss-reactive ketones (excluding diaryl/α,β-unsaturated/α-hetero) is 2. The first-order valence-electron chi connectivity index (χ1n) is 6.66. The first-order valence-corrected chi connectivity index (χ1v) is 6.66. The van der Waals surface area contributed by atoms with Crippen molar-refractivity contribution in [1.29, 1.82) is 0 Å². The van der Waals surface area contributed by atoms with Gasteiger partial charge in [0, 0.05) is 33.6 Å². The highest BCUT2D eigenvalue weighted by Crippen LogP contribution is 2.36. The molecule has 1 N–H and O–H groups in total. The van der Waals surface area contributed by atoms with E-state index in [1.165, 1.54) is 19.9 Å². The van der Waals surface area contributed by atoms with E-state index in [-0.39, 0.29) is 17.3 Å². The molecule has 0 amide bonds. The van der Waals surface area contributed by atoms with Gasteiger partial charge in [0.25, 0.3) is 0 Å². The molecule has 108 valence electrons. The summed E-state index contributed by atoms with van der Waals surface area (Å²) in [5.41, 5.74) is 2.82. The van der Waals surface area contributed by atoms with Gasteiger partial charge in [-0.15, -0.1) is 0 Å². The van der Waals surface area contributed by atoms with Crippen LogP contribution in [0.4, 0.5) is 0 Å². The van der Waals surface area contributed by atoms with E-state index in [1.807, 2.05) is 0 Å². The van der Waals surface area contributed by atoms with Gasteiger partial charge >= 0.3 is 0 Å². The van der Waals surface area contributed by atoms with E-state index >= 15 is 0 Å². The van der Waals surface area contributed by atoms with Crippen LogP contribution in [0.25, 0.3) is 11.1 Å². The number of pyridine rings is 1. The van der Waals surface area contributed by atoms with Crippen molar-refractivity contribution in [2.24, 2.45) is 0 Å². The normalized spacial score (nSPS) is 10.5. The molecule has 0 spiro atoms. The summed E-state index contributed by atoms with van der Waals surface area (Å²) in [5, 5.41) is 10.1. The van der Waals surface area contributed by atoms with Gasteiger partial charge in [-0.3, -0.25) is 14.6 Å². The van der Waals surface area contributed by atoms with Crippen LogP contribution in [0.5, 0.6) is 5.75 Å². The van der Waals surface area contributed by atoms with Gasteiger partial charge in [0.05, 0.1) is 0 Å². The van der Waals surface area contributed by atoms with E-state index in [0.717, 1.165) is 0 Å². The minimum Gasteiger partial charge on any atom is -0.507 e. The van der Waals surface area contributed by atoms with Crippen LogP contribution in [0.15, 0.2) is 24.3 Å². The highest BCUT2D eigenvalue weighted by Gasteiger charge is 2.23. The van der Waals surface area contributed by atoms with Gasteiger partial charge in [-0.1, -0.05) is 18.2 Å². The van der Waals surface area contributed by atoms with E-state index < -0.39 is 0 Å². The van der Waals surface area contributed by atoms with Crippen molar-refractivity contribution in [3.63, 3.8) is 0 Å². The van der Waals surface area contributed by atoms with Crippen molar-refractivity contribution in [3.05, 3.63) is 46.8 Å². The minimum atomic E-state index is -0.180. The Bertz CT molecular complexity index is 710. The Hall–Kier alpha value is -2.49. The zero-order chi connectivity index (χ0) is 15.7. The summed E-state index contributed by atoms with van der Waals surface area (Å²) in [5.74, 6) is -0.325. The number of rotatable bonds is 3. The molecule has 0 atom stereocenters. The lowest BCUT2D eigenvalue weighted by molar-refractivity contribution is 0.101. The maximum absolute atomic E-state index is 12.0. The van der Waals surface area contributed by atoms with Gasteiger partial charge in [-0.2, -0.15) is 0 Å². The van der Waals surface area contributed by atoms with Crippen molar-refractivity contribution < 1.29 is 14.7 Å². The molecule has 4 heteroatoms. The average Bonchev–Trinajstić information content (AvgIpc) is 2.37. The molecular formula is C17H17NO3. The van der Waals surface area contributed by atoms with Gasteiger partial charge in [0.15, 0.2) is 11.6 Å². The van der Waals surface area contributed by atoms with Crippen LogP contribution in [0.1, 0.15) is 46.0 Å². The third kappa shape index (κ3) is 2.57. The fourth-order valence-electron chi connectivity index (χ4n) is 2.67. The minimum absolute atomic E-state index is 0.0347. The summed E-state index contributed by atoms with van der Waals surface area (Å²) in [6.07, 6.45) is 0. The van der Waals surface area contributed by atoms with Crippen molar-refractivity contribution in [2.75, 3.05) is 0 Å². The van der Waals surface area contributed by atoms with Crippen LogP contribution in [0.3, 0.4) is 0 Å². The maximum Gasteiger partial charge on any atom is 0.162 e. The Morgan fingerprint density at radius 2 is 1.43 bits per heavy atom. The molecule has 2 aromatic rings. The molecule has 0 saturated carbocycles. The fourth-order valence-corrected chi connectivity index (χ4v) is 2.67. The third-order valence-electron chi connectivity index (χ3n) is 3.44. The van der Waals surface area contributed by atoms with Gasteiger partial charge in [0.1, 0.15) is 5.75 Å². The highest BCUT2D eigenvalue weighted by molar-refractivity contribution is 6.10. The number of aryl methyl sites for hydroxylation is 2. The number of aromatic hydroxyl groups is 1. The Morgan fingerprint density at radius 3 is 1.86 bits per heavy atom. The van der Waals surface area contributed by atoms with Crippen molar-refractivity contribution in [3.8, 4) is 16.9 Å². The number of carbonyl (C=O) groups is 2. The van der Waals surface area contributed by atoms with E-state index in [2.05, 4.69) is 4.98 Å². The van der Waals surface area contributed by atoms with E-state index in [0.29, 0.717) is 33.6 Å². The molecule has 21 heavy (non-hydrogen) atoms. The molecule has 0 aliphatic rings. The van der Waals surface area contributed by atoms with Crippen LogP contribution in [-0.2, 0) is 0 Å². The summed E-state index contributed by atoms with van der Waals surface area (Å²) >= 11 is 0. The summed E-state index contributed by atoms with van der Waals surface area (Å²) in [6.45, 7) is 6.34.